The maximum Gasteiger partial charge on any atom is 0.131 e. The normalized spacial score (nSPS) is 14.1. The van der Waals surface area contributed by atoms with Crippen LogP contribution in [-0.4, -0.2) is 0 Å². The molecule has 0 heterocycles. The predicted octanol–water partition coefficient (Wildman–Crippen LogP) is 4.73. The molecule has 0 fully saturated rings. The zero-order valence-corrected chi connectivity index (χ0v) is 13.4. The van der Waals surface area contributed by atoms with Crippen LogP contribution in [0, 0.1) is 28.6 Å². The van der Waals surface area contributed by atoms with E-state index in [1.165, 1.54) is 0 Å². The first kappa shape index (κ1) is 15.9. The van der Waals surface area contributed by atoms with E-state index in [9.17, 15) is 0 Å². The van der Waals surface area contributed by atoms with E-state index in [2.05, 4.69) is 50.8 Å². The molecule has 0 unspecified atom stereocenters. The molecular formula is C20H21NO. The standard InChI is InChI=1S/C20H21NO/c1-20(2,3)13-12-18-6-4-5-7-19(18)22-15-17-10-8-16(14-21)9-11-17/h6-11H,4-5,15H2,1-3H3. The van der Waals surface area contributed by atoms with Crippen molar-refractivity contribution in [1.82, 2.24) is 0 Å². The number of rotatable bonds is 3. The van der Waals surface area contributed by atoms with Crippen molar-refractivity contribution in [3.63, 3.8) is 0 Å². The first-order valence-corrected chi connectivity index (χ1v) is 7.54. The molecule has 112 valence electrons. The van der Waals surface area contributed by atoms with E-state index in [1.807, 2.05) is 24.3 Å². The minimum Gasteiger partial charge on any atom is -0.488 e. The highest BCUT2D eigenvalue weighted by Gasteiger charge is 2.10. The topological polar surface area (TPSA) is 33.0 Å². The number of allylic oxidation sites excluding steroid dienone is 3. The highest BCUT2D eigenvalue weighted by Crippen LogP contribution is 2.22. The minimum atomic E-state index is -0.0173. The minimum absolute atomic E-state index is 0.0173. The van der Waals surface area contributed by atoms with Crippen LogP contribution in [0.3, 0.4) is 0 Å². The van der Waals surface area contributed by atoms with Crippen molar-refractivity contribution in [2.24, 2.45) is 5.41 Å². The average Bonchev–Trinajstić information content (AvgIpc) is 2.51. The molecule has 22 heavy (non-hydrogen) atoms. The highest BCUT2D eigenvalue weighted by molar-refractivity contribution is 5.45. The Hall–Kier alpha value is -2.45. The zero-order chi connectivity index (χ0) is 16.0. The molecule has 1 aromatic rings. The molecule has 2 rings (SSSR count). The Kier molecular flexibility index (Phi) is 5.08. The fourth-order valence-electron chi connectivity index (χ4n) is 1.99. The number of ether oxygens (including phenoxy) is 1. The van der Waals surface area contributed by atoms with E-state index in [4.69, 9.17) is 10.00 Å². The fraction of sp³-hybridized carbons (Fsp3) is 0.350. The van der Waals surface area contributed by atoms with E-state index in [-0.39, 0.29) is 5.41 Å². The van der Waals surface area contributed by atoms with E-state index in [0.29, 0.717) is 12.2 Å². The predicted molar refractivity (Wildman–Crippen MR) is 88.6 cm³/mol. The van der Waals surface area contributed by atoms with Crippen LogP contribution in [0.2, 0.25) is 0 Å². The van der Waals surface area contributed by atoms with Crippen LogP contribution in [0.15, 0.2) is 47.7 Å². The monoisotopic (exact) mass is 291 g/mol. The van der Waals surface area contributed by atoms with Gasteiger partial charge in [-0.2, -0.15) is 5.26 Å². The molecule has 0 aromatic heterocycles. The lowest BCUT2D eigenvalue weighted by molar-refractivity contribution is 0.206. The molecule has 2 nitrogen and oxygen atoms in total. The van der Waals surface area contributed by atoms with Crippen LogP contribution in [-0.2, 0) is 11.3 Å². The lowest BCUT2D eigenvalue weighted by Crippen LogP contribution is -2.03. The number of benzene rings is 1. The van der Waals surface area contributed by atoms with Crippen LogP contribution in [0.5, 0.6) is 0 Å². The molecule has 0 aliphatic heterocycles. The van der Waals surface area contributed by atoms with Gasteiger partial charge in [-0.1, -0.05) is 30.0 Å². The van der Waals surface area contributed by atoms with Crippen LogP contribution < -0.4 is 0 Å². The summed E-state index contributed by atoms with van der Waals surface area (Å²) in [5, 5.41) is 8.81. The van der Waals surface area contributed by atoms with Gasteiger partial charge in [-0.25, -0.2) is 0 Å². The quantitative estimate of drug-likeness (QED) is 0.754. The Labute approximate surface area is 133 Å². The maximum atomic E-state index is 8.81. The van der Waals surface area contributed by atoms with E-state index >= 15 is 0 Å². The largest absolute Gasteiger partial charge is 0.488 e. The summed E-state index contributed by atoms with van der Waals surface area (Å²) >= 11 is 0. The lowest BCUT2D eigenvalue weighted by Gasteiger charge is -2.15. The van der Waals surface area contributed by atoms with Crippen LogP contribution in [0.1, 0.15) is 44.7 Å². The molecule has 0 saturated heterocycles. The Morgan fingerprint density at radius 1 is 1.09 bits per heavy atom. The summed E-state index contributed by atoms with van der Waals surface area (Å²) in [6.45, 7) is 6.80. The second kappa shape index (κ2) is 7.01. The van der Waals surface area contributed by atoms with Crippen LogP contribution in [0.4, 0.5) is 0 Å². The molecule has 1 aliphatic rings. The Morgan fingerprint density at radius 2 is 1.77 bits per heavy atom. The maximum absolute atomic E-state index is 8.81. The van der Waals surface area contributed by atoms with Crippen LogP contribution >= 0.6 is 0 Å². The van der Waals surface area contributed by atoms with Gasteiger partial charge in [0.25, 0.3) is 0 Å². The molecule has 0 bridgehead atoms. The SMILES string of the molecule is CC(C)(C)C#CC1=CCCC=C1OCc1ccc(C#N)cc1. The summed E-state index contributed by atoms with van der Waals surface area (Å²) in [6, 6.07) is 9.58. The molecule has 0 N–H and O–H groups in total. The van der Waals surface area contributed by atoms with Crippen molar-refractivity contribution >= 4 is 0 Å². The lowest BCUT2D eigenvalue weighted by atomic mass is 9.96. The molecule has 0 atom stereocenters. The third-order valence-electron chi connectivity index (χ3n) is 3.16. The van der Waals surface area contributed by atoms with Crippen molar-refractivity contribution in [3.05, 3.63) is 58.9 Å². The molecule has 1 aliphatic carbocycles. The summed E-state index contributed by atoms with van der Waals surface area (Å²) in [5.74, 6) is 7.37. The second-order valence-electron chi connectivity index (χ2n) is 6.36. The third kappa shape index (κ3) is 4.83. The van der Waals surface area contributed by atoms with Gasteiger partial charge in [0.1, 0.15) is 12.4 Å². The number of hydrogen-bond acceptors (Lipinski definition) is 2. The first-order valence-electron chi connectivity index (χ1n) is 7.54. The third-order valence-corrected chi connectivity index (χ3v) is 3.16. The van der Waals surface area contributed by atoms with Gasteiger partial charge in [0.15, 0.2) is 0 Å². The summed E-state index contributed by atoms with van der Waals surface area (Å²) in [6.07, 6.45) is 6.25. The zero-order valence-electron chi connectivity index (χ0n) is 13.4. The van der Waals surface area contributed by atoms with E-state index in [0.717, 1.165) is 29.7 Å². The Bertz CT molecular complexity index is 682. The van der Waals surface area contributed by atoms with Crippen molar-refractivity contribution in [3.8, 4) is 17.9 Å². The van der Waals surface area contributed by atoms with Gasteiger partial charge in [-0.15, -0.1) is 0 Å². The van der Waals surface area contributed by atoms with E-state index < -0.39 is 0 Å². The van der Waals surface area contributed by atoms with Gasteiger partial charge >= 0.3 is 0 Å². The molecule has 0 saturated carbocycles. The van der Waals surface area contributed by atoms with Gasteiger partial charge in [0, 0.05) is 5.41 Å². The smallest absolute Gasteiger partial charge is 0.131 e. The Balaban J connectivity index is 2.03. The second-order valence-corrected chi connectivity index (χ2v) is 6.36. The first-order chi connectivity index (χ1) is 10.5. The summed E-state index contributed by atoms with van der Waals surface area (Å²) in [7, 11) is 0. The number of nitriles is 1. The van der Waals surface area contributed by atoms with E-state index in [1.54, 1.807) is 0 Å². The molecule has 0 radical (unpaired) electrons. The number of hydrogen-bond donors (Lipinski definition) is 0. The summed E-state index contributed by atoms with van der Waals surface area (Å²) in [4.78, 5) is 0. The Morgan fingerprint density at radius 3 is 2.41 bits per heavy atom. The van der Waals surface area contributed by atoms with Crippen LogP contribution in [0.25, 0.3) is 0 Å². The van der Waals surface area contributed by atoms with Gasteiger partial charge < -0.3 is 4.74 Å². The van der Waals surface area contributed by atoms with Gasteiger partial charge in [0.05, 0.1) is 17.2 Å². The average molecular weight is 291 g/mol. The van der Waals surface area contributed by atoms with Crippen molar-refractivity contribution in [2.45, 2.75) is 40.2 Å². The van der Waals surface area contributed by atoms with Crippen molar-refractivity contribution < 1.29 is 4.74 Å². The van der Waals surface area contributed by atoms with Gasteiger partial charge in [-0.05, 0) is 57.4 Å². The highest BCUT2D eigenvalue weighted by atomic mass is 16.5. The summed E-state index contributed by atoms with van der Waals surface area (Å²) in [5.41, 5.74) is 2.68. The van der Waals surface area contributed by atoms with Crippen molar-refractivity contribution in [1.29, 1.82) is 5.26 Å². The van der Waals surface area contributed by atoms with Gasteiger partial charge in [-0.3, -0.25) is 0 Å². The van der Waals surface area contributed by atoms with Crippen molar-refractivity contribution in [2.75, 3.05) is 0 Å². The summed E-state index contributed by atoms with van der Waals surface area (Å²) < 4.78 is 5.93. The molecule has 2 heteroatoms. The fourth-order valence-corrected chi connectivity index (χ4v) is 1.99. The van der Waals surface area contributed by atoms with Gasteiger partial charge in [0.2, 0.25) is 0 Å². The molecular weight excluding hydrogens is 270 g/mol. The molecule has 1 aromatic carbocycles. The molecule has 0 spiro atoms. The molecule has 0 amide bonds. The number of nitrogens with zero attached hydrogens (tertiary/aromatic N) is 1.